The molecule has 6 heteroatoms. The molecule has 4 fully saturated rings. The summed E-state index contributed by atoms with van der Waals surface area (Å²) >= 11 is 0. The van der Waals surface area contributed by atoms with Crippen molar-refractivity contribution in [2.75, 3.05) is 6.54 Å². The third-order valence-corrected chi connectivity index (χ3v) is 10.6. The largest absolute Gasteiger partial charge is 0.465 e. The van der Waals surface area contributed by atoms with E-state index in [1.165, 1.54) is 25.7 Å². The van der Waals surface area contributed by atoms with Gasteiger partial charge in [0.1, 0.15) is 12.2 Å². The van der Waals surface area contributed by atoms with Crippen molar-refractivity contribution in [3.63, 3.8) is 0 Å². The number of nitrogens with zero attached hydrogens (tertiary/aromatic N) is 1. The minimum absolute atomic E-state index is 0.00130. The molecule has 0 heterocycles. The van der Waals surface area contributed by atoms with Gasteiger partial charge in [-0.15, -0.1) is 0 Å². The van der Waals surface area contributed by atoms with Gasteiger partial charge in [0.15, 0.2) is 0 Å². The molecule has 4 aliphatic carbocycles. The van der Waals surface area contributed by atoms with E-state index in [2.05, 4.69) is 25.8 Å². The van der Waals surface area contributed by atoms with Crippen molar-refractivity contribution in [1.29, 1.82) is 0 Å². The number of ether oxygens (including phenoxy) is 2. The monoisotopic (exact) mass is 445 g/mol. The first kappa shape index (κ1) is 23.5. The minimum atomic E-state index is -0.0381. The Labute approximate surface area is 191 Å². The molecule has 0 aromatic carbocycles. The first-order valence-electron chi connectivity index (χ1n) is 12.6. The van der Waals surface area contributed by atoms with Gasteiger partial charge < -0.3 is 9.47 Å². The van der Waals surface area contributed by atoms with E-state index in [1.54, 1.807) is 6.08 Å². The van der Waals surface area contributed by atoms with Gasteiger partial charge in [0, 0.05) is 5.92 Å². The lowest BCUT2D eigenvalue weighted by atomic mass is 9.43. The van der Waals surface area contributed by atoms with E-state index >= 15 is 0 Å². The van der Waals surface area contributed by atoms with Crippen LogP contribution < -0.4 is 0 Å². The predicted octanol–water partition coefficient (Wildman–Crippen LogP) is 4.70. The quantitative estimate of drug-likeness (QED) is 0.307. The third kappa shape index (κ3) is 3.83. The van der Waals surface area contributed by atoms with Crippen molar-refractivity contribution >= 4 is 19.0 Å². The molecule has 0 N–H and O–H groups in total. The minimum Gasteiger partial charge on any atom is -0.465 e. The summed E-state index contributed by atoms with van der Waals surface area (Å²) in [6, 6.07) is 0. The molecule has 178 valence electrons. The maximum absolute atomic E-state index is 11.5. The highest BCUT2D eigenvalue weighted by atomic mass is 16.5. The molecule has 0 saturated heterocycles. The summed E-state index contributed by atoms with van der Waals surface area (Å²) in [4.78, 5) is 36.7. The Morgan fingerprint density at radius 3 is 2.44 bits per heavy atom. The molecule has 0 bridgehead atoms. The molecule has 10 atom stereocenters. The van der Waals surface area contributed by atoms with Gasteiger partial charge in [-0.25, -0.2) is 9.79 Å². The number of carbonyl (C=O) groups excluding carboxylic acids is 3. The molecule has 0 spiro atoms. The van der Waals surface area contributed by atoms with Gasteiger partial charge in [0.05, 0.1) is 6.54 Å². The number of carbonyl (C=O) groups is 2. The van der Waals surface area contributed by atoms with Crippen LogP contribution in [0.3, 0.4) is 0 Å². The molecule has 0 amide bonds. The van der Waals surface area contributed by atoms with Gasteiger partial charge in [0.2, 0.25) is 6.08 Å². The second-order valence-corrected chi connectivity index (χ2v) is 11.6. The van der Waals surface area contributed by atoms with E-state index in [9.17, 15) is 14.4 Å². The van der Waals surface area contributed by atoms with Crippen LogP contribution in [0.25, 0.3) is 0 Å². The normalized spacial score (nSPS) is 45.9. The van der Waals surface area contributed by atoms with Crippen LogP contribution in [0.15, 0.2) is 4.99 Å². The highest BCUT2D eigenvalue weighted by molar-refractivity contribution is 5.38. The molecular weight excluding hydrogens is 406 g/mol. The molecule has 32 heavy (non-hydrogen) atoms. The lowest BCUT2D eigenvalue weighted by Gasteiger charge is -2.62. The highest BCUT2D eigenvalue weighted by Gasteiger charge is 2.63. The maximum atomic E-state index is 11.5. The van der Waals surface area contributed by atoms with Crippen LogP contribution in [0.1, 0.15) is 78.6 Å². The molecule has 4 aliphatic rings. The Balaban J connectivity index is 1.58. The standard InChI is InChI=1S/C26H39NO5/c1-17(8-11-27-14-28)20-4-5-21-24-22(7-10-26(20,21)3)25(2)9-6-19(31-15-29)12-18(25)13-23(24)32-16-30/h15-24H,4-13H2,1-3H3/t17-,18?,19-,20-,21?,22?,23-,24?,25+,26-/m1/s1. The van der Waals surface area contributed by atoms with Crippen LogP contribution in [0.5, 0.6) is 0 Å². The highest BCUT2D eigenvalue weighted by Crippen LogP contribution is 2.68. The van der Waals surface area contributed by atoms with Crippen molar-refractivity contribution in [2.24, 2.45) is 51.3 Å². The van der Waals surface area contributed by atoms with Crippen LogP contribution in [-0.4, -0.2) is 37.8 Å². The number of rotatable bonds is 8. The predicted molar refractivity (Wildman–Crippen MR) is 119 cm³/mol. The molecule has 0 radical (unpaired) electrons. The van der Waals surface area contributed by atoms with Crippen LogP contribution in [0.4, 0.5) is 0 Å². The Bertz CT molecular complexity index is 750. The van der Waals surface area contributed by atoms with Crippen LogP contribution in [-0.2, 0) is 23.9 Å². The lowest BCUT2D eigenvalue weighted by molar-refractivity contribution is -0.190. The summed E-state index contributed by atoms with van der Waals surface area (Å²) in [7, 11) is 0. The molecule has 6 nitrogen and oxygen atoms in total. The van der Waals surface area contributed by atoms with Crippen LogP contribution in [0.2, 0.25) is 0 Å². The first-order chi connectivity index (χ1) is 15.4. The smallest absolute Gasteiger partial charge is 0.293 e. The zero-order valence-electron chi connectivity index (χ0n) is 19.8. The second kappa shape index (κ2) is 9.29. The molecule has 0 aromatic heterocycles. The summed E-state index contributed by atoms with van der Waals surface area (Å²) in [6.45, 7) is 9.06. The number of isocyanates is 1. The number of fused-ring (bicyclic) bond motifs is 5. The summed E-state index contributed by atoms with van der Waals surface area (Å²) in [5.74, 6) is 3.09. The maximum Gasteiger partial charge on any atom is 0.293 e. The Kier molecular flexibility index (Phi) is 6.81. The SMILES string of the molecule is C[C@H](CCN=C=O)[C@H]1CCC2C3C(CC[C@@]21C)[C@@]1(C)CC[C@@H](OC=O)CC1C[C@H]3OC=O. The van der Waals surface area contributed by atoms with Gasteiger partial charge in [-0.3, -0.25) is 9.59 Å². The molecule has 4 saturated carbocycles. The van der Waals surface area contributed by atoms with Gasteiger partial charge >= 0.3 is 0 Å². The van der Waals surface area contributed by atoms with Crippen molar-refractivity contribution in [1.82, 2.24) is 0 Å². The Morgan fingerprint density at radius 2 is 1.72 bits per heavy atom. The molecule has 4 unspecified atom stereocenters. The number of hydrogen-bond acceptors (Lipinski definition) is 6. The Morgan fingerprint density at radius 1 is 1.00 bits per heavy atom. The fourth-order valence-electron chi connectivity index (χ4n) is 9.06. The van der Waals surface area contributed by atoms with Crippen LogP contribution >= 0.6 is 0 Å². The average molecular weight is 446 g/mol. The van der Waals surface area contributed by atoms with E-state index in [0.717, 1.165) is 32.1 Å². The Hall–Kier alpha value is -1.68. The second-order valence-electron chi connectivity index (χ2n) is 11.6. The summed E-state index contributed by atoms with van der Waals surface area (Å²) < 4.78 is 11.2. The van der Waals surface area contributed by atoms with Gasteiger partial charge in [-0.2, -0.15) is 0 Å². The van der Waals surface area contributed by atoms with Gasteiger partial charge in [-0.05, 0) is 98.2 Å². The molecule has 0 aromatic rings. The zero-order valence-corrected chi connectivity index (χ0v) is 19.8. The lowest BCUT2D eigenvalue weighted by Crippen LogP contribution is -2.59. The fourth-order valence-corrected chi connectivity index (χ4v) is 9.06. The van der Waals surface area contributed by atoms with Gasteiger partial charge in [0.25, 0.3) is 12.9 Å². The van der Waals surface area contributed by atoms with Crippen molar-refractivity contribution in [2.45, 2.75) is 90.8 Å². The first-order valence-corrected chi connectivity index (χ1v) is 12.6. The summed E-state index contributed by atoms with van der Waals surface area (Å²) in [5.41, 5.74) is 0.469. The number of aliphatic imine (C=N–C) groups is 1. The average Bonchev–Trinajstić information content (AvgIpc) is 3.12. The van der Waals surface area contributed by atoms with Crippen LogP contribution in [0, 0.1) is 46.3 Å². The van der Waals surface area contributed by atoms with E-state index in [1.807, 2.05) is 0 Å². The van der Waals surface area contributed by atoms with Crippen molar-refractivity contribution in [3.05, 3.63) is 0 Å². The van der Waals surface area contributed by atoms with Crippen molar-refractivity contribution < 1.29 is 23.9 Å². The van der Waals surface area contributed by atoms with Gasteiger partial charge in [-0.1, -0.05) is 20.8 Å². The summed E-state index contributed by atoms with van der Waals surface area (Å²) in [6.07, 6.45) is 11.2. The van der Waals surface area contributed by atoms with E-state index in [0.29, 0.717) is 55.0 Å². The molecular formula is C26H39NO5. The topological polar surface area (TPSA) is 82.0 Å². The van der Waals surface area contributed by atoms with E-state index in [-0.39, 0.29) is 23.0 Å². The molecule has 0 aliphatic heterocycles. The third-order valence-electron chi connectivity index (χ3n) is 10.6. The zero-order chi connectivity index (χ0) is 22.9. The van der Waals surface area contributed by atoms with E-state index in [4.69, 9.17) is 9.47 Å². The van der Waals surface area contributed by atoms with Crippen molar-refractivity contribution in [3.8, 4) is 0 Å². The van der Waals surface area contributed by atoms with E-state index < -0.39 is 0 Å². The molecule has 4 rings (SSSR count). The number of hydrogen-bond donors (Lipinski definition) is 0. The fraction of sp³-hybridized carbons (Fsp3) is 0.885. The summed E-state index contributed by atoms with van der Waals surface area (Å²) in [5, 5.41) is 0.